The lowest BCUT2D eigenvalue weighted by atomic mass is 9.73. The van der Waals surface area contributed by atoms with Gasteiger partial charge in [-0.15, -0.1) is 0 Å². The average Bonchev–Trinajstić information content (AvgIpc) is 1.75. The Hall–Kier alpha value is -0.0800. The van der Waals surface area contributed by atoms with Gasteiger partial charge in [0.25, 0.3) is 0 Å². The summed E-state index contributed by atoms with van der Waals surface area (Å²) in [7, 11) is 0. The molecule has 92 valence electrons. The largest absolute Gasteiger partial charge is 0.356 e. The standard InChI is InChI=1S/C13H29NO/c1-10(2)11(3,4)9-12(5,6)15-13(7,8)14/h10H,9,14H2,1-8H3. The molecule has 0 rings (SSSR count). The highest BCUT2D eigenvalue weighted by Gasteiger charge is 2.34. The second-order valence-electron chi connectivity index (χ2n) is 6.79. The second-order valence-corrected chi connectivity index (χ2v) is 6.79. The summed E-state index contributed by atoms with van der Waals surface area (Å²) in [5, 5.41) is 0. The lowest BCUT2D eigenvalue weighted by Gasteiger charge is -2.41. The molecule has 0 saturated heterocycles. The van der Waals surface area contributed by atoms with Crippen LogP contribution >= 0.6 is 0 Å². The van der Waals surface area contributed by atoms with E-state index in [-0.39, 0.29) is 11.0 Å². The summed E-state index contributed by atoms with van der Waals surface area (Å²) in [6.07, 6.45) is 1.01. The number of hydrogen-bond acceptors (Lipinski definition) is 2. The van der Waals surface area contributed by atoms with Crippen molar-refractivity contribution in [3.63, 3.8) is 0 Å². The van der Waals surface area contributed by atoms with Gasteiger partial charge in [0.15, 0.2) is 0 Å². The zero-order chi connectivity index (χ0) is 12.5. The summed E-state index contributed by atoms with van der Waals surface area (Å²) in [5.74, 6) is 0.640. The maximum Gasteiger partial charge on any atom is 0.111 e. The molecule has 0 aliphatic rings. The van der Waals surface area contributed by atoms with Crippen LogP contribution in [0.1, 0.15) is 61.8 Å². The fraction of sp³-hybridized carbons (Fsp3) is 1.00. The van der Waals surface area contributed by atoms with Crippen LogP contribution in [0.2, 0.25) is 0 Å². The van der Waals surface area contributed by atoms with Crippen LogP contribution in [0.4, 0.5) is 0 Å². The lowest BCUT2D eigenvalue weighted by molar-refractivity contribution is -0.138. The Bertz CT molecular complexity index is 199. The van der Waals surface area contributed by atoms with Crippen LogP contribution in [0.5, 0.6) is 0 Å². The van der Waals surface area contributed by atoms with Gasteiger partial charge < -0.3 is 10.5 Å². The second kappa shape index (κ2) is 4.42. The monoisotopic (exact) mass is 215 g/mol. The highest BCUT2D eigenvalue weighted by Crippen LogP contribution is 2.37. The van der Waals surface area contributed by atoms with E-state index in [9.17, 15) is 0 Å². The van der Waals surface area contributed by atoms with E-state index in [0.29, 0.717) is 5.92 Å². The van der Waals surface area contributed by atoms with Crippen LogP contribution in [-0.4, -0.2) is 11.3 Å². The van der Waals surface area contributed by atoms with E-state index in [2.05, 4.69) is 41.5 Å². The van der Waals surface area contributed by atoms with Gasteiger partial charge in [-0.05, 0) is 45.4 Å². The molecule has 0 aromatic rings. The van der Waals surface area contributed by atoms with Crippen LogP contribution < -0.4 is 5.73 Å². The third-order valence-corrected chi connectivity index (χ3v) is 2.98. The fourth-order valence-corrected chi connectivity index (χ4v) is 2.05. The molecule has 2 heteroatoms. The number of hydrogen-bond donors (Lipinski definition) is 1. The first-order valence-corrected chi connectivity index (χ1v) is 5.85. The maximum atomic E-state index is 5.89. The number of nitrogens with two attached hydrogens (primary N) is 1. The van der Waals surface area contributed by atoms with Gasteiger partial charge in [-0.25, -0.2) is 0 Å². The highest BCUT2D eigenvalue weighted by molar-refractivity contribution is 4.83. The molecule has 0 aromatic carbocycles. The summed E-state index contributed by atoms with van der Waals surface area (Å²) >= 11 is 0. The van der Waals surface area contributed by atoms with Gasteiger partial charge >= 0.3 is 0 Å². The molecule has 0 bridgehead atoms. The molecule has 2 nitrogen and oxygen atoms in total. The SMILES string of the molecule is CC(C)C(C)(C)CC(C)(C)OC(C)(C)N. The number of rotatable bonds is 5. The molecule has 0 spiro atoms. The first-order valence-electron chi connectivity index (χ1n) is 5.85. The van der Waals surface area contributed by atoms with Gasteiger partial charge in [0.2, 0.25) is 0 Å². The smallest absolute Gasteiger partial charge is 0.111 e. The van der Waals surface area contributed by atoms with E-state index in [1.165, 1.54) is 0 Å². The maximum absolute atomic E-state index is 5.89. The predicted molar refractivity (Wildman–Crippen MR) is 66.7 cm³/mol. The molecule has 0 atom stereocenters. The van der Waals surface area contributed by atoms with Crippen LogP contribution in [0.3, 0.4) is 0 Å². The highest BCUT2D eigenvalue weighted by atomic mass is 16.5. The van der Waals surface area contributed by atoms with Gasteiger partial charge in [-0.2, -0.15) is 0 Å². The van der Waals surface area contributed by atoms with Crippen molar-refractivity contribution >= 4 is 0 Å². The summed E-state index contributed by atoms with van der Waals surface area (Å²) in [6, 6.07) is 0. The van der Waals surface area contributed by atoms with Crippen molar-refractivity contribution in [1.29, 1.82) is 0 Å². The molecular weight excluding hydrogens is 186 g/mol. The van der Waals surface area contributed by atoms with E-state index in [1.807, 2.05) is 13.8 Å². The van der Waals surface area contributed by atoms with Crippen LogP contribution in [-0.2, 0) is 4.74 Å². The molecule has 0 heterocycles. The Labute approximate surface area is 95.6 Å². The first-order chi connectivity index (χ1) is 6.36. The first kappa shape index (κ1) is 14.9. The normalized spacial score (nSPS) is 14.8. The van der Waals surface area contributed by atoms with Crippen LogP contribution in [0, 0.1) is 11.3 Å². The van der Waals surface area contributed by atoms with Gasteiger partial charge in [-0.3, -0.25) is 0 Å². The van der Waals surface area contributed by atoms with Crippen LogP contribution in [0.15, 0.2) is 0 Å². The molecule has 15 heavy (non-hydrogen) atoms. The lowest BCUT2D eigenvalue weighted by Crippen LogP contribution is -2.46. The molecule has 0 aliphatic carbocycles. The quantitative estimate of drug-likeness (QED) is 0.712. The third-order valence-electron chi connectivity index (χ3n) is 2.98. The minimum Gasteiger partial charge on any atom is -0.356 e. The van der Waals surface area contributed by atoms with Crippen molar-refractivity contribution in [1.82, 2.24) is 0 Å². The molecule has 0 radical (unpaired) electrons. The van der Waals surface area contributed by atoms with E-state index in [1.54, 1.807) is 0 Å². The number of ether oxygens (including phenoxy) is 1. The van der Waals surface area contributed by atoms with Crippen LogP contribution in [0.25, 0.3) is 0 Å². The minimum absolute atomic E-state index is 0.175. The molecule has 0 amide bonds. The predicted octanol–water partition coefficient (Wildman–Crippen LogP) is 3.55. The van der Waals surface area contributed by atoms with Gasteiger partial charge in [0.05, 0.1) is 5.60 Å². The summed E-state index contributed by atoms with van der Waals surface area (Å²) in [6.45, 7) is 17.1. The zero-order valence-electron chi connectivity index (χ0n) is 11.8. The molecule has 0 unspecified atom stereocenters. The van der Waals surface area contributed by atoms with Crippen molar-refractivity contribution < 1.29 is 4.74 Å². The summed E-state index contributed by atoms with van der Waals surface area (Å²) in [5.41, 5.74) is 5.43. The Morgan fingerprint density at radius 1 is 1.00 bits per heavy atom. The molecule has 0 aliphatic heterocycles. The Kier molecular flexibility index (Phi) is 4.40. The van der Waals surface area contributed by atoms with Crippen molar-refractivity contribution in [2.24, 2.45) is 17.1 Å². The van der Waals surface area contributed by atoms with Crippen molar-refractivity contribution in [2.45, 2.75) is 73.1 Å². The molecule has 0 fully saturated rings. The molecule has 0 saturated carbocycles. The third kappa shape index (κ3) is 6.16. The Balaban J connectivity index is 4.51. The topological polar surface area (TPSA) is 35.2 Å². The summed E-state index contributed by atoms with van der Waals surface area (Å²) in [4.78, 5) is 0. The van der Waals surface area contributed by atoms with E-state index in [4.69, 9.17) is 10.5 Å². The average molecular weight is 215 g/mol. The molecule has 2 N–H and O–H groups in total. The van der Waals surface area contributed by atoms with Crippen molar-refractivity contribution in [3.05, 3.63) is 0 Å². The van der Waals surface area contributed by atoms with Crippen molar-refractivity contribution in [2.75, 3.05) is 0 Å². The van der Waals surface area contributed by atoms with Gasteiger partial charge in [0, 0.05) is 0 Å². The Morgan fingerprint density at radius 3 is 1.67 bits per heavy atom. The van der Waals surface area contributed by atoms with Gasteiger partial charge in [-0.1, -0.05) is 27.7 Å². The van der Waals surface area contributed by atoms with Crippen molar-refractivity contribution in [3.8, 4) is 0 Å². The minimum atomic E-state index is -0.559. The Morgan fingerprint density at radius 2 is 1.40 bits per heavy atom. The van der Waals surface area contributed by atoms with E-state index in [0.717, 1.165) is 6.42 Å². The van der Waals surface area contributed by atoms with E-state index >= 15 is 0 Å². The van der Waals surface area contributed by atoms with Gasteiger partial charge in [0.1, 0.15) is 5.72 Å². The molecular formula is C13H29NO. The molecule has 0 aromatic heterocycles. The fourth-order valence-electron chi connectivity index (χ4n) is 2.05. The van der Waals surface area contributed by atoms with E-state index < -0.39 is 5.72 Å². The summed E-state index contributed by atoms with van der Waals surface area (Å²) < 4.78 is 5.89. The zero-order valence-corrected chi connectivity index (χ0v) is 11.8.